The highest BCUT2D eigenvalue weighted by molar-refractivity contribution is 5.44. The summed E-state index contributed by atoms with van der Waals surface area (Å²) in [4.78, 5) is 5.52. The van der Waals surface area contributed by atoms with Crippen molar-refractivity contribution in [3.8, 4) is 0 Å². The van der Waals surface area contributed by atoms with E-state index in [0.29, 0.717) is 17.8 Å². The second-order valence-electron chi connectivity index (χ2n) is 3.90. The van der Waals surface area contributed by atoms with Gasteiger partial charge in [-0.05, 0) is 40.7 Å². The molecule has 0 N–H and O–H groups in total. The van der Waals surface area contributed by atoms with Crippen molar-refractivity contribution in [2.75, 3.05) is 0 Å². The maximum Gasteiger partial charge on any atom is 0.0378 e. The van der Waals surface area contributed by atoms with E-state index in [0.717, 1.165) is 11.1 Å². The zero-order chi connectivity index (χ0) is 13.5. The van der Waals surface area contributed by atoms with Gasteiger partial charge in [0.25, 0.3) is 0 Å². The summed E-state index contributed by atoms with van der Waals surface area (Å²) in [6.07, 6.45) is 0.684. The van der Waals surface area contributed by atoms with Crippen LogP contribution in [0, 0.1) is 0 Å². The Hall–Kier alpha value is -2.94. The summed E-state index contributed by atoms with van der Waals surface area (Å²) in [5.74, 6) is 0. The Morgan fingerprint density at radius 2 is 1.26 bits per heavy atom. The summed E-state index contributed by atoms with van der Waals surface area (Å²) in [6.45, 7) is 0. The van der Waals surface area contributed by atoms with Crippen LogP contribution in [-0.2, 0) is 6.42 Å². The Bertz CT molecular complexity index is 622. The quantitative estimate of drug-likeness (QED) is 0.406. The van der Waals surface area contributed by atoms with Crippen LogP contribution in [0.25, 0.3) is 20.9 Å². The SMILES string of the molecule is [N-]=[N+]=Nc1cccc(Cc2cccc(N=[N+]=[N-])c2)c1. The van der Waals surface area contributed by atoms with Gasteiger partial charge < -0.3 is 0 Å². The summed E-state index contributed by atoms with van der Waals surface area (Å²) in [6, 6.07) is 14.8. The van der Waals surface area contributed by atoms with Crippen LogP contribution in [0.4, 0.5) is 11.4 Å². The van der Waals surface area contributed by atoms with Crippen LogP contribution in [0.2, 0.25) is 0 Å². The average Bonchev–Trinajstić information content (AvgIpc) is 2.40. The molecule has 2 aromatic carbocycles. The fourth-order valence-electron chi connectivity index (χ4n) is 1.80. The summed E-state index contributed by atoms with van der Waals surface area (Å²) in [5, 5.41) is 7.14. The van der Waals surface area contributed by atoms with Gasteiger partial charge in [0.15, 0.2) is 0 Å². The van der Waals surface area contributed by atoms with Gasteiger partial charge in [-0.15, -0.1) is 0 Å². The van der Waals surface area contributed by atoms with Crippen molar-refractivity contribution in [1.29, 1.82) is 0 Å². The maximum atomic E-state index is 8.41. The average molecular weight is 250 g/mol. The molecule has 0 aromatic heterocycles. The summed E-state index contributed by atoms with van der Waals surface area (Å²) >= 11 is 0. The highest BCUT2D eigenvalue weighted by atomic mass is 15.1. The lowest BCUT2D eigenvalue weighted by Crippen LogP contribution is -1.86. The molecule has 6 heteroatoms. The molecule has 0 fully saturated rings. The van der Waals surface area contributed by atoms with E-state index in [2.05, 4.69) is 20.1 Å². The lowest BCUT2D eigenvalue weighted by molar-refractivity contribution is 1.19. The molecule has 0 radical (unpaired) electrons. The van der Waals surface area contributed by atoms with Crippen LogP contribution in [-0.4, -0.2) is 0 Å². The third kappa shape index (κ3) is 3.51. The van der Waals surface area contributed by atoms with Crippen LogP contribution >= 0.6 is 0 Å². The minimum atomic E-state index is 0.589. The normalized spacial score (nSPS) is 9.26. The van der Waals surface area contributed by atoms with Gasteiger partial charge in [-0.25, -0.2) is 0 Å². The molecule has 92 valence electrons. The van der Waals surface area contributed by atoms with Gasteiger partial charge in [0.05, 0.1) is 0 Å². The van der Waals surface area contributed by atoms with Gasteiger partial charge in [0, 0.05) is 21.2 Å². The topological polar surface area (TPSA) is 97.5 Å². The Balaban J connectivity index is 2.25. The molecule has 2 aromatic rings. The molecule has 0 aliphatic rings. The van der Waals surface area contributed by atoms with Crippen molar-refractivity contribution in [1.82, 2.24) is 0 Å². The molecule has 19 heavy (non-hydrogen) atoms. The number of rotatable bonds is 4. The minimum Gasteiger partial charge on any atom is -0.0615 e. The van der Waals surface area contributed by atoms with Gasteiger partial charge in [-0.1, -0.05) is 46.6 Å². The van der Waals surface area contributed by atoms with Crippen molar-refractivity contribution in [2.45, 2.75) is 6.42 Å². The number of hydrogen-bond acceptors (Lipinski definition) is 2. The van der Waals surface area contributed by atoms with E-state index in [1.54, 1.807) is 12.1 Å². The van der Waals surface area contributed by atoms with Crippen LogP contribution < -0.4 is 0 Å². The van der Waals surface area contributed by atoms with Crippen molar-refractivity contribution in [3.63, 3.8) is 0 Å². The molecule has 0 unspecified atom stereocenters. The Morgan fingerprint density at radius 3 is 1.68 bits per heavy atom. The van der Waals surface area contributed by atoms with Crippen LogP contribution in [0.3, 0.4) is 0 Å². The summed E-state index contributed by atoms with van der Waals surface area (Å²) in [5.41, 5.74) is 20.1. The van der Waals surface area contributed by atoms with Crippen molar-refractivity contribution < 1.29 is 0 Å². The van der Waals surface area contributed by atoms with Gasteiger partial charge in [-0.3, -0.25) is 0 Å². The predicted octanol–water partition coefficient (Wildman–Crippen LogP) is 5.16. The van der Waals surface area contributed by atoms with Gasteiger partial charge in [-0.2, -0.15) is 0 Å². The predicted molar refractivity (Wildman–Crippen MR) is 73.3 cm³/mol. The molecule has 0 bridgehead atoms. The fraction of sp³-hybridized carbons (Fsp3) is 0.0769. The molecule has 0 aliphatic carbocycles. The molecule has 0 saturated carbocycles. The largest absolute Gasteiger partial charge is 0.0615 e. The maximum absolute atomic E-state index is 8.41. The molecule has 0 heterocycles. The van der Waals surface area contributed by atoms with E-state index < -0.39 is 0 Å². The first kappa shape index (κ1) is 12.5. The van der Waals surface area contributed by atoms with Crippen LogP contribution in [0.1, 0.15) is 11.1 Å². The van der Waals surface area contributed by atoms with Crippen LogP contribution in [0.5, 0.6) is 0 Å². The first-order chi connectivity index (χ1) is 9.31. The van der Waals surface area contributed by atoms with E-state index in [1.807, 2.05) is 36.4 Å². The zero-order valence-corrected chi connectivity index (χ0v) is 10.0. The highest BCUT2D eigenvalue weighted by Gasteiger charge is 1.98. The highest BCUT2D eigenvalue weighted by Crippen LogP contribution is 2.20. The van der Waals surface area contributed by atoms with E-state index in [-0.39, 0.29) is 0 Å². The standard InChI is InChI=1S/C13H10N6/c14-18-16-12-5-1-3-10(8-12)7-11-4-2-6-13(9-11)17-19-15/h1-6,8-9H,7H2. The van der Waals surface area contributed by atoms with Crippen molar-refractivity contribution in [2.24, 2.45) is 10.2 Å². The second kappa shape index (κ2) is 6.12. The number of hydrogen-bond donors (Lipinski definition) is 0. The Labute approximate surface area is 109 Å². The lowest BCUT2D eigenvalue weighted by Gasteiger charge is -2.03. The molecule has 0 amide bonds. The summed E-state index contributed by atoms with van der Waals surface area (Å²) < 4.78 is 0. The van der Waals surface area contributed by atoms with Gasteiger partial charge in [0.2, 0.25) is 0 Å². The number of azide groups is 2. The lowest BCUT2D eigenvalue weighted by atomic mass is 10.0. The number of benzene rings is 2. The van der Waals surface area contributed by atoms with E-state index in [4.69, 9.17) is 11.1 Å². The third-order valence-corrected chi connectivity index (χ3v) is 2.55. The monoisotopic (exact) mass is 250 g/mol. The van der Waals surface area contributed by atoms with Crippen LogP contribution in [0.15, 0.2) is 58.8 Å². The van der Waals surface area contributed by atoms with Crippen molar-refractivity contribution in [3.05, 3.63) is 80.5 Å². The molecule has 2 rings (SSSR count). The van der Waals surface area contributed by atoms with E-state index >= 15 is 0 Å². The second-order valence-corrected chi connectivity index (χ2v) is 3.90. The number of nitrogens with zero attached hydrogens (tertiary/aromatic N) is 6. The third-order valence-electron chi connectivity index (χ3n) is 2.55. The molecule has 0 atom stereocenters. The Kier molecular flexibility index (Phi) is 4.03. The molecular weight excluding hydrogens is 240 g/mol. The zero-order valence-electron chi connectivity index (χ0n) is 10.0. The first-order valence-corrected chi connectivity index (χ1v) is 5.60. The van der Waals surface area contributed by atoms with Gasteiger partial charge >= 0.3 is 0 Å². The molecule has 6 nitrogen and oxygen atoms in total. The Morgan fingerprint density at radius 1 is 0.789 bits per heavy atom. The first-order valence-electron chi connectivity index (χ1n) is 5.60. The van der Waals surface area contributed by atoms with E-state index in [9.17, 15) is 0 Å². The fourth-order valence-corrected chi connectivity index (χ4v) is 1.80. The van der Waals surface area contributed by atoms with Crippen molar-refractivity contribution >= 4 is 11.4 Å². The minimum absolute atomic E-state index is 0.589. The summed E-state index contributed by atoms with van der Waals surface area (Å²) in [7, 11) is 0. The molecular formula is C13H10N6. The van der Waals surface area contributed by atoms with Gasteiger partial charge in [0.1, 0.15) is 0 Å². The molecule has 0 aliphatic heterocycles. The van der Waals surface area contributed by atoms with E-state index in [1.165, 1.54) is 0 Å². The smallest absolute Gasteiger partial charge is 0.0378 e. The molecule has 0 spiro atoms. The molecule has 0 saturated heterocycles.